The maximum atomic E-state index is 13.0. The number of para-hydroxylation sites is 1. The normalized spacial score (nSPS) is 11.2. The lowest BCUT2D eigenvalue weighted by Crippen LogP contribution is -2.18. The van der Waals surface area contributed by atoms with Crippen LogP contribution in [0.25, 0.3) is 0 Å². The molecule has 2 N–H and O–H groups in total. The van der Waals surface area contributed by atoms with Crippen LogP contribution in [-0.4, -0.2) is 19.3 Å². The number of sulfonamides is 1. The standard InChI is InChI=1S/C17H14FN3O3S2/c1-11-10-19-17(25-11)20-16(22)14-4-2-3-5-15(14)21-26(23,24)13-8-6-12(18)7-9-13/h2-10,21H,1H3,(H,19,20,22). The summed E-state index contributed by atoms with van der Waals surface area (Å²) < 4.78 is 40.3. The predicted octanol–water partition coefficient (Wildman–Crippen LogP) is 3.64. The van der Waals surface area contributed by atoms with Gasteiger partial charge in [0.15, 0.2) is 5.13 Å². The molecule has 0 aliphatic heterocycles. The van der Waals surface area contributed by atoms with E-state index in [4.69, 9.17) is 0 Å². The van der Waals surface area contributed by atoms with Crippen molar-refractivity contribution in [2.24, 2.45) is 0 Å². The molecule has 6 nitrogen and oxygen atoms in total. The monoisotopic (exact) mass is 391 g/mol. The number of aryl methyl sites for hydroxylation is 1. The number of benzene rings is 2. The molecule has 2 aromatic carbocycles. The van der Waals surface area contributed by atoms with E-state index in [-0.39, 0.29) is 16.1 Å². The minimum Gasteiger partial charge on any atom is -0.298 e. The van der Waals surface area contributed by atoms with Crippen LogP contribution in [0.1, 0.15) is 15.2 Å². The summed E-state index contributed by atoms with van der Waals surface area (Å²) in [5.74, 6) is -1.03. The van der Waals surface area contributed by atoms with E-state index in [1.807, 2.05) is 6.92 Å². The molecule has 0 aliphatic carbocycles. The molecule has 1 aromatic heterocycles. The molecule has 1 amide bonds. The number of carbonyl (C=O) groups is 1. The van der Waals surface area contributed by atoms with Crippen molar-refractivity contribution >= 4 is 38.1 Å². The van der Waals surface area contributed by atoms with Crippen LogP contribution in [0.15, 0.2) is 59.6 Å². The van der Waals surface area contributed by atoms with Crippen LogP contribution in [0.5, 0.6) is 0 Å². The highest BCUT2D eigenvalue weighted by Gasteiger charge is 2.19. The number of thiazole rings is 1. The minimum absolute atomic E-state index is 0.107. The highest BCUT2D eigenvalue weighted by molar-refractivity contribution is 7.92. The highest BCUT2D eigenvalue weighted by atomic mass is 32.2. The van der Waals surface area contributed by atoms with Gasteiger partial charge in [-0.1, -0.05) is 12.1 Å². The van der Waals surface area contributed by atoms with Gasteiger partial charge in [-0.3, -0.25) is 14.8 Å². The van der Waals surface area contributed by atoms with E-state index in [9.17, 15) is 17.6 Å². The van der Waals surface area contributed by atoms with E-state index in [1.54, 1.807) is 18.3 Å². The van der Waals surface area contributed by atoms with Crippen LogP contribution in [0.3, 0.4) is 0 Å². The van der Waals surface area contributed by atoms with Crippen molar-refractivity contribution in [3.63, 3.8) is 0 Å². The summed E-state index contributed by atoms with van der Waals surface area (Å²) in [6.07, 6.45) is 1.63. The molecule has 3 aromatic rings. The Balaban J connectivity index is 1.87. The average molecular weight is 391 g/mol. The molecule has 0 radical (unpaired) electrons. The molecule has 0 bridgehead atoms. The van der Waals surface area contributed by atoms with Gasteiger partial charge in [0.1, 0.15) is 5.82 Å². The summed E-state index contributed by atoms with van der Waals surface area (Å²) in [4.78, 5) is 17.4. The molecule has 134 valence electrons. The summed E-state index contributed by atoms with van der Waals surface area (Å²) in [6, 6.07) is 10.6. The van der Waals surface area contributed by atoms with Crippen LogP contribution >= 0.6 is 11.3 Å². The zero-order valence-electron chi connectivity index (χ0n) is 13.6. The Morgan fingerprint density at radius 2 is 1.81 bits per heavy atom. The predicted molar refractivity (Wildman–Crippen MR) is 98.5 cm³/mol. The van der Waals surface area contributed by atoms with Gasteiger partial charge >= 0.3 is 0 Å². The summed E-state index contributed by atoms with van der Waals surface area (Å²) in [5.41, 5.74) is 0.258. The van der Waals surface area contributed by atoms with Gasteiger partial charge in [-0.05, 0) is 43.3 Å². The molecule has 0 aliphatic rings. The first-order valence-electron chi connectivity index (χ1n) is 7.46. The Morgan fingerprint density at radius 1 is 1.12 bits per heavy atom. The average Bonchev–Trinajstić information content (AvgIpc) is 3.00. The highest BCUT2D eigenvalue weighted by Crippen LogP contribution is 2.23. The number of aromatic nitrogens is 1. The smallest absolute Gasteiger partial charge is 0.261 e. The molecule has 0 saturated heterocycles. The van der Waals surface area contributed by atoms with E-state index in [0.29, 0.717) is 5.13 Å². The van der Waals surface area contributed by atoms with Gasteiger partial charge in [0.2, 0.25) is 0 Å². The first kappa shape index (κ1) is 18.0. The summed E-state index contributed by atoms with van der Waals surface area (Å²) >= 11 is 1.31. The van der Waals surface area contributed by atoms with Gasteiger partial charge in [-0.25, -0.2) is 17.8 Å². The fraction of sp³-hybridized carbons (Fsp3) is 0.0588. The van der Waals surface area contributed by atoms with Crippen molar-refractivity contribution in [1.29, 1.82) is 0 Å². The number of hydrogen-bond acceptors (Lipinski definition) is 5. The topological polar surface area (TPSA) is 88.2 Å². The maximum absolute atomic E-state index is 13.0. The maximum Gasteiger partial charge on any atom is 0.261 e. The Kier molecular flexibility index (Phi) is 5.01. The van der Waals surface area contributed by atoms with E-state index in [2.05, 4.69) is 15.0 Å². The number of hydrogen-bond donors (Lipinski definition) is 2. The lowest BCUT2D eigenvalue weighted by Gasteiger charge is -2.12. The fourth-order valence-electron chi connectivity index (χ4n) is 2.16. The third kappa shape index (κ3) is 4.06. The molecule has 26 heavy (non-hydrogen) atoms. The van der Waals surface area contributed by atoms with Gasteiger partial charge in [-0.2, -0.15) is 0 Å². The second kappa shape index (κ2) is 7.22. The number of anilines is 2. The molecule has 3 rings (SSSR count). The lowest BCUT2D eigenvalue weighted by molar-refractivity contribution is 0.102. The van der Waals surface area contributed by atoms with Gasteiger partial charge in [0.25, 0.3) is 15.9 Å². The SMILES string of the molecule is Cc1cnc(NC(=O)c2ccccc2NS(=O)(=O)c2ccc(F)cc2)s1. The second-order valence-electron chi connectivity index (χ2n) is 5.34. The van der Waals surface area contributed by atoms with Gasteiger partial charge in [0, 0.05) is 11.1 Å². The third-order valence-corrected chi connectivity index (χ3v) is 5.59. The molecule has 1 heterocycles. The Labute approximate surface area is 153 Å². The molecular weight excluding hydrogens is 377 g/mol. The van der Waals surface area contributed by atoms with Gasteiger partial charge in [0.05, 0.1) is 16.1 Å². The van der Waals surface area contributed by atoms with Gasteiger partial charge < -0.3 is 0 Å². The van der Waals surface area contributed by atoms with Crippen molar-refractivity contribution in [1.82, 2.24) is 4.98 Å². The minimum atomic E-state index is -3.96. The second-order valence-corrected chi connectivity index (χ2v) is 8.25. The van der Waals surface area contributed by atoms with Crippen molar-refractivity contribution in [3.05, 3.63) is 71.0 Å². The third-order valence-electron chi connectivity index (χ3n) is 3.38. The molecular formula is C17H14FN3O3S2. The van der Waals surface area contributed by atoms with Crippen LogP contribution in [0.4, 0.5) is 15.2 Å². The van der Waals surface area contributed by atoms with Crippen molar-refractivity contribution in [2.75, 3.05) is 10.0 Å². The van der Waals surface area contributed by atoms with Crippen LogP contribution in [0, 0.1) is 12.7 Å². The number of rotatable bonds is 5. The molecule has 0 atom stereocenters. The number of nitrogens with one attached hydrogen (secondary N) is 2. The number of nitrogens with zero attached hydrogens (tertiary/aromatic N) is 1. The zero-order chi connectivity index (χ0) is 18.7. The molecule has 9 heteroatoms. The van der Waals surface area contributed by atoms with E-state index >= 15 is 0 Å². The summed E-state index contributed by atoms with van der Waals surface area (Å²) in [7, 11) is -3.96. The molecule has 0 saturated carbocycles. The van der Waals surface area contributed by atoms with Gasteiger partial charge in [-0.15, -0.1) is 11.3 Å². The lowest BCUT2D eigenvalue weighted by atomic mass is 10.2. The fourth-order valence-corrected chi connectivity index (χ4v) is 3.90. The Bertz CT molecular complexity index is 1050. The quantitative estimate of drug-likeness (QED) is 0.695. The van der Waals surface area contributed by atoms with Crippen LogP contribution in [-0.2, 0) is 10.0 Å². The van der Waals surface area contributed by atoms with E-state index in [1.165, 1.54) is 23.5 Å². The largest absolute Gasteiger partial charge is 0.298 e. The number of halogens is 1. The number of amides is 1. The van der Waals surface area contributed by atoms with E-state index in [0.717, 1.165) is 29.1 Å². The van der Waals surface area contributed by atoms with Crippen LogP contribution in [0.2, 0.25) is 0 Å². The van der Waals surface area contributed by atoms with Crippen LogP contribution < -0.4 is 10.0 Å². The first-order chi connectivity index (χ1) is 12.3. The zero-order valence-corrected chi connectivity index (χ0v) is 15.2. The van der Waals surface area contributed by atoms with Crippen molar-refractivity contribution in [2.45, 2.75) is 11.8 Å². The molecule has 0 fully saturated rings. The summed E-state index contributed by atoms with van der Waals surface area (Å²) in [6.45, 7) is 1.86. The summed E-state index contributed by atoms with van der Waals surface area (Å²) in [5, 5.41) is 3.06. The Morgan fingerprint density at radius 3 is 2.46 bits per heavy atom. The molecule has 0 spiro atoms. The van der Waals surface area contributed by atoms with E-state index < -0.39 is 21.7 Å². The van der Waals surface area contributed by atoms with Crippen molar-refractivity contribution in [3.8, 4) is 0 Å². The Hall–Kier alpha value is -2.78. The van der Waals surface area contributed by atoms with Crippen molar-refractivity contribution < 1.29 is 17.6 Å². The number of carbonyl (C=O) groups excluding carboxylic acids is 1. The molecule has 0 unspecified atom stereocenters. The first-order valence-corrected chi connectivity index (χ1v) is 9.76.